The van der Waals surface area contributed by atoms with Gasteiger partial charge in [0.05, 0.1) is 16.7 Å². The molecule has 0 spiro atoms. The number of aliphatic hydroxyl groups excluding tert-OH is 1. The topological polar surface area (TPSA) is 29.5 Å². The normalized spacial score (nSPS) is 18.7. The number of aliphatic hydroxyl groups is 1. The van der Waals surface area contributed by atoms with E-state index in [-0.39, 0.29) is 11.9 Å². The van der Waals surface area contributed by atoms with Crippen LogP contribution in [0.25, 0.3) is 0 Å². The van der Waals surface area contributed by atoms with E-state index in [0.29, 0.717) is 23.4 Å². The highest BCUT2D eigenvalue weighted by atomic mass is 79.9. The molecule has 4 heteroatoms. The second-order valence-electron chi connectivity index (χ2n) is 4.78. The highest BCUT2D eigenvalue weighted by molar-refractivity contribution is 9.10. The van der Waals surface area contributed by atoms with E-state index in [0.717, 1.165) is 18.4 Å². The molecule has 0 saturated heterocycles. The molecule has 0 aromatic heterocycles. The summed E-state index contributed by atoms with van der Waals surface area (Å²) in [5.74, 6) is 0.209. The zero-order valence-corrected chi connectivity index (χ0v) is 12.0. The molecule has 2 unspecified atom stereocenters. The molecule has 2 nitrogen and oxygen atoms in total. The zero-order valence-electron chi connectivity index (χ0n) is 10.4. The molecule has 0 amide bonds. The number of ether oxygens (including phenoxy) is 1. The lowest BCUT2D eigenvalue weighted by Crippen LogP contribution is -2.32. The van der Waals surface area contributed by atoms with Crippen molar-refractivity contribution < 1.29 is 14.2 Å². The summed E-state index contributed by atoms with van der Waals surface area (Å²) in [6.07, 6.45) is 2.16. The number of benzene rings is 1. The molecular formula is C14H18BrFO2. The van der Waals surface area contributed by atoms with Crippen molar-refractivity contribution in [3.8, 4) is 0 Å². The van der Waals surface area contributed by atoms with Crippen LogP contribution in [0.1, 0.15) is 25.3 Å². The molecule has 18 heavy (non-hydrogen) atoms. The van der Waals surface area contributed by atoms with E-state index in [9.17, 15) is 9.50 Å². The van der Waals surface area contributed by atoms with Crippen LogP contribution in [0.4, 0.5) is 4.39 Å². The van der Waals surface area contributed by atoms with E-state index < -0.39 is 6.10 Å². The van der Waals surface area contributed by atoms with Gasteiger partial charge in [-0.3, -0.25) is 0 Å². The molecule has 1 aliphatic carbocycles. The van der Waals surface area contributed by atoms with Crippen LogP contribution in [0, 0.1) is 11.7 Å². The van der Waals surface area contributed by atoms with Crippen molar-refractivity contribution in [2.75, 3.05) is 6.61 Å². The van der Waals surface area contributed by atoms with Gasteiger partial charge in [0.15, 0.2) is 0 Å². The van der Waals surface area contributed by atoms with Crippen molar-refractivity contribution in [2.24, 2.45) is 5.92 Å². The van der Waals surface area contributed by atoms with E-state index in [1.807, 2.05) is 6.92 Å². The largest absolute Gasteiger partial charge is 0.390 e. The molecule has 1 aromatic rings. The average Bonchev–Trinajstić information content (AvgIpc) is 3.15. The molecule has 1 saturated carbocycles. The second kappa shape index (κ2) is 6.13. The predicted molar refractivity (Wildman–Crippen MR) is 71.9 cm³/mol. The van der Waals surface area contributed by atoms with Crippen LogP contribution < -0.4 is 0 Å². The van der Waals surface area contributed by atoms with Crippen LogP contribution in [0.2, 0.25) is 0 Å². The third-order valence-electron chi connectivity index (χ3n) is 3.25. The summed E-state index contributed by atoms with van der Waals surface area (Å²) in [5.41, 5.74) is 0.918. The fraction of sp³-hybridized carbons (Fsp3) is 0.571. The first-order valence-corrected chi connectivity index (χ1v) is 7.14. The quantitative estimate of drug-likeness (QED) is 0.872. The molecule has 0 bridgehead atoms. The van der Waals surface area contributed by atoms with Crippen LogP contribution in [0.15, 0.2) is 22.7 Å². The van der Waals surface area contributed by atoms with Gasteiger partial charge in [-0.2, -0.15) is 0 Å². The lowest BCUT2D eigenvalue weighted by molar-refractivity contribution is -0.0439. The van der Waals surface area contributed by atoms with Gasteiger partial charge in [0, 0.05) is 13.0 Å². The minimum Gasteiger partial charge on any atom is -0.390 e. The third kappa shape index (κ3) is 3.53. The summed E-state index contributed by atoms with van der Waals surface area (Å²) in [4.78, 5) is 0. The molecular weight excluding hydrogens is 299 g/mol. The average molecular weight is 317 g/mol. The lowest BCUT2D eigenvalue weighted by atomic mass is 10.0. The van der Waals surface area contributed by atoms with Gasteiger partial charge in [-0.1, -0.05) is 6.07 Å². The Morgan fingerprint density at radius 3 is 2.78 bits per heavy atom. The molecule has 2 atom stereocenters. The van der Waals surface area contributed by atoms with Gasteiger partial charge >= 0.3 is 0 Å². The molecule has 1 aromatic carbocycles. The highest BCUT2D eigenvalue weighted by Crippen LogP contribution is 2.36. The number of halogens is 2. The Labute approximate surface area is 115 Å². The summed E-state index contributed by atoms with van der Waals surface area (Å²) in [6, 6.07) is 4.84. The summed E-state index contributed by atoms with van der Waals surface area (Å²) >= 11 is 3.16. The van der Waals surface area contributed by atoms with Gasteiger partial charge in [-0.05, 0) is 59.3 Å². The monoisotopic (exact) mass is 316 g/mol. The van der Waals surface area contributed by atoms with Crippen molar-refractivity contribution in [3.63, 3.8) is 0 Å². The Kier molecular flexibility index (Phi) is 4.76. The first-order chi connectivity index (χ1) is 8.61. The van der Waals surface area contributed by atoms with Crippen molar-refractivity contribution >= 4 is 15.9 Å². The maximum Gasteiger partial charge on any atom is 0.137 e. The van der Waals surface area contributed by atoms with Crippen molar-refractivity contribution in [3.05, 3.63) is 34.1 Å². The Morgan fingerprint density at radius 1 is 1.50 bits per heavy atom. The fourth-order valence-corrected chi connectivity index (χ4v) is 2.63. The van der Waals surface area contributed by atoms with Crippen LogP contribution in [-0.2, 0) is 11.2 Å². The maximum atomic E-state index is 13.1. The lowest BCUT2D eigenvalue weighted by Gasteiger charge is -2.22. The van der Waals surface area contributed by atoms with Crippen molar-refractivity contribution in [1.29, 1.82) is 0 Å². The van der Waals surface area contributed by atoms with Crippen LogP contribution in [0.5, 0.6) is 0 Å². The van der Waals surface area contributed by atoms with E-state index in [1.165, 1.54) is 6.07 Å². The number of hydrogen-bond acceptors (Lipinski definition) is 2. The molecule has 0 heterocycles. The smallest absolute Gasteiger partial charge is 0.137 e. The number of hydrogen-bond donors (Lipinski definition) is 1. The first-order valence-electron chi connectivity index (χ1n) is 6.35. The Balaban J connectivity index is 2.00. The van der Waals surface area contributed by atoms with Crippen molar-refractivity contribution in [1.82, 2.24) is 0 Å². The highest BCUT2D eigenvalue weighted by Gasteiger charge is 2.36. The van der Waals surface area contributed by atoms with Crippen molar-refractivity contribution in [2.45, 2.75) is 38.4 Å². The SMILES string of the molecule is CCOC(C(O)Cc1ccc(F)c(Br)c1)C1CC1. The summed E-state index contributed by atoms with van der Waals surface area (Å²) in [5, 5.41) is 10.2. The van der Waals surface area contributed by atoms with Gasteiger partial charge in [0.2, 0.25) is 0 Å². The zero-order chi connectivity index (χ0) is 13.1. The standard InChI is InChI=1S/C14H18BrFO2/c1-2-18-14(10-4-5-10)13(17)8-9-3-6-12(16)11(15)7-9/h3,6-7,10,13-14,17H,2,4-5,8H2,1H3. The minimum atomic E-state index is -0.519. The Bertz CT molecular complexity index is 407. The van der Waals surface area contributed by atoms with Crippen LogP contribution in [0.3, 0.4) is 0 Å². The van der Waals surface area contributed by atoms with Crippen LogP contribution >= 0.6 is 15.9 Å². The first kappa shape index (κ1) is 14.0. The third-order valence-corrected chi connectivity index (χ3v) is 3.86. The predicted octanol–water partition coefficient (Wildman–Crippen LogP) is 3.31. The summed E-state index contributed by atoms with van der Waals surface area (Å²) < 4.78 is 19.2. The Morgan fingerprint density at radius 2 is 2.22 bits per heavy atom. The minimum absolute atomic E-state index is 0.0844. The summed E-state index contributed by atoms with van der Waals surface area (Å²) in [7, 11) is 0. The van der Waals surface area contributed by atoms with E-state index in [4.69, 9.17) is 4.74 Å². The number of rotatable bonds is 6. The molecule has 1 fully saturated rings. The molecule has 0 aliphatic heterocycles. The fourth-order valence-electron chi connectivity index (χ4n) is 2.20. The second-order valence-corrected chi connectivity index (χ2v) is 5.63. The molecule has 1 aliphatic rings. The van der Waals surface area contributed by atoms with Crippen LogP contribution in [-0.4, -0.2) is 23.9 Å². The molecule has 1 N–H and O–H groups in total. The van der Waals surface area contributed by atoms with Gasteiger partial charge in [0.25, 0.3) is 0 Å². The van der Waals surface area contributed by atoms with E-state index in [2.05, 4.69) is 15.9 Å². The van der Waals surface area contributed by atoms with E-state index in [1.54, 1.807) is 12.1 Å². The van der Waals surface area contributed by atoms with Gasteiger partial charge in [-0.25, -0.2) is 4.39 Å². The van der Waals surface area contributed by atoms with Gasteiger partial charge in [0.1, 0.15) is 5.82 Å². The molecule has 2 rings (SSSR count). The van der Waals surface area contributed by atoms with Gasteiger partial charge in [-0.15, -0.1) is 0 Å². The van der Waals surface area contributed by atoms with Gasteiger partial charge < -0.3 is 9.84 Å². The molecule has 0 radical (unpaired) electrons. The maximum absolute atomic E-state index is 13.1. The molecule has 100 valence electrons. The summed E-state index contributed by atoms with van der Waals surface area (Å²) in [6.45, 7) is 2.56. The Hall–Kier alpha value is -0.450. The van der Waals surface area contributed by atoms with E-state index >= 15 is 0 Å².